The van der Waals surface area contributed by atoms with E-state index in [1.54, 1.807) is 0 Å². The van der Waals surface area contributed by atoms with E-state index in [9.17, 15) is 0 Å². The summed E-state index contributed by atoms with van der Waals surface area (Å²) in [6.07, 6.45) is 6.39. The van der Waals surface area contributed by atoms with E-state index in [2.05, 4.69) is 18.0 Å². The maximum atomic E-state index is 6.16. The van der Waals surface area contributed by atoms with Crippen LogP contribution < -0.4 is 5.73 Å². The molecule has 70 valence electrons. The summed E-state index contributed by atoms with van der Waals surface area (Å²) in [5.41, 5.74) is 8.65. The minimum Gasteiger partial charge on any atom is -0.325 e. The van der Waals surface area contributed by atoms with Gasteiger partial charge in [-0.05, 0) is 37.8 Å². The maximum Gasteiger partial charge on any atom is 0.0451 e. The smallest absolute Gasteiger partial charge is 0.0451 e. The molecule has 1 aliphatic carbocycles. The first kappa shape index (κ1) is 8.70. The van der Waals surface area contributed by atoms with Crippen LogP contribution in [0.4, 0.5) is 0 Å². The Morgan fingerprint density at radius 2 is 2.31 bits per heavy atom. The quantitative estimate of drug-likeness (QED) is 0.746. The van der Waals surface area contributed by atoms with Gasteiger partial charge in [-0.15, -0.1) is 0 Å². The van der Waals surface area contributed by atoms with E-state index in [0.717, 1.165) is 19.3 Å². The van der Waals surface area contributed by atoms with Crippen molar-refractivity contribution in [1.82, 2.24) is 4.98 Å². The highest BCUT2D eigenvalue weighted by atomic mass is 14.8. The topological polar surface area (TPSA) is 38.9 Å². The summed E-state index contributed by atoms with van der Waals surface area (Å²) < 4.78 is 0. The molecule has 13 heavy (non-hydrogen) atoms. The molecule has 1 aromatic heterocycles. The zero-order chi connectivity index (χ0) is 9.31. The number of nitrogens with two attached hydrogens (primary N) is 1. The predicted octanol–water partition coefficient (Wildman–Crippen LogP) is 1.81. The molecular formula is C11H16N2. The third-order valence-electron chi connectivity index (χ3n) is 2.99. The van der Waals surface area contributed by atoms with Gasteiger partial charge in [0.2, 0.25) is 0 Å². The maximum absolute atomic E-state index is 6.16. The van der Waals surface area contributed by atoms with Crippen molar-refractivity contribution >= 4 is 0 Å². The van der Waals surface area contributed by atoms with Crippen LogP contribution in [0.5, 0.6) is 0 Å². The fourth-order valence-corrected chi connectivity index (χ4v) is 1.84. The van der Waals surface area contributed by atoms with Crippen molar-refractivity contribution in [3.05, 3.63) is 29.6 Å². The van der Waals surface area contributed by atoms with Crippen LogP contribution in [0, 0.1) is 6.92 Å². The van der Waals surface area contributed by atoms with Crippen molar-refractivity contribution in [3.63, 3.8) is 0 Å². The summed E-state index contributed by atoms with van der Waals surface area (Å²) in [6, 6.07) is 4.08. The molecular weight excluding hydrogens is 160 g/mol. The highest BCUT2D eigenvalue weighted by Crippen LogP contribution is 2.32. The van der Waals surface area contributed by atoms with Gasteiger partial charge in [0.25, 0.3) is 0 Å². The Morgan fingerprint density at radius 3 is 2.85 bits per heavy atom. The molecule has 0 radical (unpaired) electrons. The molecule has 0 aliphatic heterocycles. The van der Waals surface area contributed by atoms with E-state index in [1.807, 2.05) is 12.3 Å². The first-order chi connectivity index (χ1) is 6.20. The van der Waals surface area contributed by atoms with Crippen LogP contribution in [0.1, 0.15) is 30.5 Å². The van der Waals surface area contributed by atoms with Crippen molar-refractivity contribution in [3.8, 4) is 0 Å². The lowest BCUT2D eigenvalue weighted by molar-refractivity contribution is 0.245. The van der Waals surface area contributed by atoms with Gasteiger partial charge in [0.05, 0.1) is 0 Å². The van der Waals surface area contributed by atoms with Gasteiger partial charge in [0.1, 0.15) is 0 Å². The summed E-state index contributed by atoms with van der Waals surface area (Å²) in [7, 11) is 0. The summed E-state index contributed by atoms with van der Waals surface area (Å²) in [6.45, 7) is 2.10. The van der Waals surface area contributed by atoms with Gasteiger partial charge < -0.3 is 5.73 Å². The second-order valence-electron chi connectivity index (χ2n) is 4.16. The predicted molar refractivity (Wildman–Crippen MR) is 53.4 cm³/mol. The molecule has 2 rings (SSSR count). The Morgan fingerprint density at radius 1 is 1.54 bits per heavy atom. The van der Waals surface area contributed by atoms with Gasteiger partial charge in [-0.3, -0.25) is 4.98 Å². The summed E-state index contributed by atoms with van der Waals surface area (Å²) in [4.78, 5) is 4.37. The molecule has 0 aromatic carbocycles. The Hall–Kier alpha value is -0.890. The molecule has 2 N–H and O–H groups in total. The van der Waals surface area contributed by atoms with Crippen LogP contribution in [-0.4, -0.2) is 10.5 Å². The molecule has 1 aromatic rings. The number of aryl methyl sites for hydroxylation is 1. The van der Waals surface area contributed by atoms with Gasteiger partial charge in [0.15, 0.2) is 0 Å². The Kier molecular flexibility index (Phi) is 2.08. The standard InChI is InChI=1S/C11H16N2/c1-9-4-2-7-13-10(9)8-11(12)5-3-6-11/h2,4,7H,3,5-6,8,12H2,1H3. The lowest BCUT2D eigenvalue weighted by atomic mass is 9.74. The highest BCUT2D eigenvalue weighted by Gasteiger charge is 2.33. The molecule has 1 aliphatic rings. The van der Waals surface area contributed by atoms with Crippen molar-refractivity contribution in [2.24, 2.45) is 5.73 Å². The van der Waals surface area contributed by atoms with Gasteiger partial charge in [-0.25, -0.2) is 0 Å². The summed E-state index contributed by atoms with van der Waals surface area (Å²) >= 11 is 0. The Bertz CT molecular complexity index is 303. The lowest BCUT2D eigenvalue weighted by Gasteiger charge is -2.38. The molecule has 0 spiro atoms. The molecule has 0 saturated heterocycles. The van der Waals surface area contributed by atoms with Crippen LogP contribution in [0.3, 0.4) is 0 Å². The number of nitrogens with zero attached hydrogens (tertiary/aromatic N) is 1. The van der Waals surface area contributed by atoms with E-state index in [-0.39, 0.29) is 5.54 Å². The summed E-state index contributed by atoms with van der Waals surface area (Å²) in [5, 5.41) is 0. The monoisotopic (exact) mass is 176 g/mol. The van der Waals surface area contributed by atoms with Gasteiger partial charge in [-0.2, -0.15) is 0 Å². The van der Waals surface area contributed by atoms with E-state index >= 15 is 0 Å². The average molecular weight is 176 g/mol. The Balaban J connectivity index is 2.13. The van der Waals surface area contributed by atoms with Crippen molar-refractivity contribution in [1.29, 1.82) is 0 Å². The first-order valence-corrected chi connectivity index (χ1v) is 4.89. The molecule has 0 atom stereocenters. The molecule has 1 saturated carbocycles. The third kappa shape index (κ3) is 1.73. The van der Waals surface area contributed by atoms with Gasteiger partial charge in [-0.1, -0.05) is 6.07 Å². The summed E-state index contributed by atoms with van der Waals surface area (Å²) in [5.74, 6) is 0. The number of aromatic nitrogens is 1. The van der Waals surface area contributed by atoms with Crippen molar-refractivity contribution in [2.45, 2.75) is 38.1 Å². The molecule has 1 fully saturated rings. The normalized spacial score (nSPS) is 19.5. The minimum atomic E-state index is 0.0547. The van der Waals surface area contributed by atoms with Crippen LogP contribution >= 0.6 is 0 Å². The Labute approximate surface area is 79.2 Å². The molecule has 2 heteroatoms. The third-order valence-corrected chi connectivity index (χ3v) is 2.99. The van der Waals surface area contributed by atoms with Gasteiger partial charge in [0, 0.05) is 23.9 Å². The van der Waals surface area contributed by atoms with Crippen LogP contribution in [-0.2, 0) is 6.42 Å². The van der Waals surface area contributed by atoms with Crippen molar-refractivity contribution < 1.29 is 0 Å². The van der Waals surface area contributed by atoms with E-state index in [0.29, 0.717) is 0 Å². The molecule has 0 bridgehead atoms. The zero-order valence-electron chi connectivity index (χ0n) is 8.09. The molecule has 1 heterocycles. The second-order valence-corrected chi connectivity index (χ2v) is 4.16. The highest BCUT2D eigenvalue weighted by molar-refractivity contribution is 5.20. The molecule has 0 amide bonds. The number of pyridine rings is 1. The fourth-order valence-electron chi connectivity index (χ4n) is 1.84. The van der Waals surface area contributed by atoms with E-state index < -0.39 is 0 Å². The molecule has 2 nitrogen and oxygen atoms in total. The fraction of sp³-hybridized carbons (Fsp3) is 0.545. The van der Waals surface area contributed by atoms with E-state index in [1.165, 1.54) is 17.7 Å². The van der Waals surface area contributed by atoms with Crippen LogP contribution in [0.15, 0.2) is 18.3 Å². The number of hydrogen-bond acceptors (Lipinski definition) is 2. The SMILES string of the molecule is Cc1cccnc1CC1(N)CCC1. The van der Waals surface area contributed by atoms with Crippen LogP contribution in [0.2, 0.25) is 0 Å². The number of rotatable bonds is 2. The lowest BCUT2D eigenvalue weighted by Crippen LogP contribution is -2.48. The van der Waals surface area contributed by atoms with E-state index in [4.69, 9.17) is 5.73 Å². The number of hydrogen-bond donors (Lipinski definition) is 1. The minimum absolute atomic E-state index is 0.0547. The second kappa shape index (κ2) is 3.11. The molecule has 0 unspecified atom stereocenters. The van der Waals surface area contributed by atoms with Crippen LogP contribution in [0.25, 0.3) is 0 Å². The largest absolute Gasteiger partial charge is 0.325 e. The van der Waals surface area contributed by atoms with Gasteiger partial charge >= 0.3 is 0 Å². The first-order valence-electron chi connectivity index (χ1n) is 4.89. The van der Waals surface area contributed by atoms with Crippen molar-refractivity contribution in [2.75, 3.05) is 0 Å². The zero-order valence-corrected chi connectivity index (χ0v) is 8.09. The average Bonchev–Trinajstić information content (AvgIpc) is 2.06.